The second kappa shape index (κ2) is 6.90. The topological polar surface area (TPSA) is 81.2 Å². The summed E-state index contributed by atoms with van der Waals surface area (Å²) in [6.07, 6.45) is -0.168. The van der Waals surface area contributed by atoms with Gasteiger partial charge in [-0.05, 0) is 25.0 Å². The Morgan fingerprint density at radius 3 is 2.85 bits per heavy atom. The Kier molecular flexibility index (Phi) is 4.43. The third-order valence-electron chi connectivity index (χ3n) is 4.67. The highest BCUT2D eigenvalue weighted by atomic mass is 19.3. The fourth-order valence-corrected chi connectivity index (χ4v) is 3.50. The minimum absolute atomic E-state index is 0.0606. The maximum atomic E-state index is 13.2. The van der Waals surface area contributed by atoms with Crippen molar-refractivity contribution in [1.82, 2.24) is 19.6 Å². The molecule has 0 spiro atoms. The van der Waals surface area contributed by atoms with Crippen molar-refractivity contribution in [2.45, 2.75) is 31.9 Å². The van der Waals surface area contributed by atoms with E-state index in [0.717, 1.165) is 4.57 Å². The van der Waals surface area contributed by atoms with Crippen molar-refractivity contribution < 1.29 is 18.1 Å². The highest BCUT2D eigenvalue weighted by Gasteiger charge is 2.35. The summed E-state index contributed by atoms with van der Waals surface area (Å²) in [5, 5.41) is 3.80. The summed E-state index contributed by atoms with van der Waals surface area (Å²) in [6, 6.07) is 7.46. The molecule has 1 atom stereocenters. The van der Waals surface area contributed by atoms with Crippen molar-refractivity contribution >= 4 is 16.8 Å². The zero-order valence-electron chi connectivity index (χ0n) is 14.2. The number of nitrogens with zero attached hydrogens (tertiary/aromatic N) is 4. The number of benzene rings is 1. The predicted molar refractivity (Wildman–Crippen MR) is 91.5 cm³/mol. The number of hydrogen-bond donors (Lipinski definition) is 0. The van der Waals surface area contributed by atoms with E-state index in [1.165, 1.54) is 17.2 Å². The fraction of sp³-hybridized carbons (Fsp3) is 0.333. The van der Waals surface area contributed by atoms with Gasteiger partial charge in [0.05, 0.1) is 29.7 Å². The standard InChI is InChI=1S/C18H16F2N4O3/c19-15(20)10-24-16(22-12-5-2-1-4-11(12)17(24)25)13-6-3-9-23(13)18(26)14-7-8-21-27-14/h1-2,4-5,7-8,13,15H,3,6,9-10H2. The summed E-state index contributed by atoms with van der Waals surface area (Å²) >= 11 is 0. The molecule has 1 aromatic carbocycles. The summed E-state index contributed by atoms with van der Waals surface area (Å²) < 4.78 is 32.2. The highest BCUT2D eigenvalue weighted by molar-refractivity contribution is 5.91. The minimum atomic E-state index is -2.72. The number of aromatic nitrogens is 3. The Bertz CT molecular complexity index is 1030. The number of fused-ring (bicyclic) bond motifs is 1. The quantitative estimate of drug-likeness (QED) is 0.701. The molecule has 3 aromatic rings. The van der Waals surface area contributed by atoms with E-state index in [1.807, 2.05) is 0 Å². The molecule has 1 aliphatic heterocycles. The number of likely N-dealkylation sites (tertiary alicyclic amines) is 1. The van der Waals surface area contributed by atoms with E-state index >= 15 is 0 Å². The van der Waals surface area contributed by atoms with Gasteiger partial charge in [-0.25, -0.2) is 13.8 Å². The molecule has 4 rings (SSSR count). The second-order valence-corrected chi connectivity index (χ2v) is 6.33. The van der Waals surface area contributed by atoms with Gasteiger partial charge in [0.1, 0.15) is 5.82 Å². The van der Waals surface area contributed by atoms with Crippen molar-refractivity contribution in [3.05, 3.63) is 58.5 Å². The van der Waals surface area contributed by atoms with Gasteiger partial charge in [-0.1, -0.05) is 17.3 Å². The van der Waals surface area contributed by atoms with Crippen LogP contribution in [0.2, 0.25) is 0 Å². The van der Waals surface area contributed by atoms with Gasteiger partial charge in [0.25, 0.3) is 17.9 Å². The van der Waals surface area contributed by atoms with E-state index in [9.17, 15) is 18.4 Å². The summed E-state index contributed by atoms with van der Waals surface area (Å²) in [6.45, 7) is -0.353. The summed E-state index contributed by atoms with van der Waals surface area (Å²) in [7, 11) is 0. The molecule has 9 heteroatoms. The summed E-state index contributed by atoms with van der Waals surface area (Å²) in [5.41, 5.74) is -0.114. The number of carbonyl (C=O) groups is 1. The molecule has 0 bridgehead atoms. The maximum absolute atomic E-state index is 13.2. The molecular weight excluding hydrogens is 358 g/mol. The Labute approximate surface area is 152 Å². The van der Waals surface area contributed by atoms with Gasteiger partial charge in [0.2, 0.25) is 5.76 Å². The van der Waals surface area contributed by atoms with Gasteiger partial charge in [-0.3, -0.25) is 14.2 Å². The monoisotopic (exact) mass is 374 g/mol. The van der Waals surface area contributed by atoms with Gasteiger partial charge in [0, 0.05) is 12.6 Å². The van der Waals surface area contributed by atoms with Crippen LogP contribution in [0.4, 0.5) is 8.78 Å². The highest BCUT2D eigenvalue weighted by Crippen LogP contribution is 2.32. The molecule has 1 amide bonds. The number of halogens is 2. The fourth-order valence-electron chi connectivity index (χ4n) is 3.50. The number of hydrogen-bond acceptors (Lipinski definition) is 5. The minimum Gasteiger partial charge on any atom is -0.351 e. The number of amides is 1. The third-order valence-corrected chi connectivity index (χ3v) is 4.67. The zero-order valence-corrected chi connectivity index (χ0v) is 14.2. The molecule has 3 heterocycles. The van der Waals surface area contributed by atoms with Crippen LogP contribution in [0.3, 0.4) is 0 Å². The zero-order chi connectivity index (χ0) is 19.0. The Morgan fingerprint density at radius 2 is 2.11 bits per heavy atom. The average Bonchev–Trinajstić information content (AvgIpc) is 3.35. The van der Waals surface area contributed by atoms with Crippen LogP contribution in [-0.4, -0.2) is 38.5 Å². The van der Waals surface area contributed by atoms with E-state index in [0.29, 0.717) is 24.9 Å². The largest absolute Gasteiger partial charge is 0.351 e. The number of para-hydroxylation sites is 1. The lowest BCUT2D eigenvalue weighted by Gasteiger charge is -2.25. The van der Waals surface area contributed by atoms with E-state index < -0.39 is 30.5 Å². The number of alkyl halides is 2. The first kappa shape index (κ1) is 17.3. The Balaban J connectivity index is 1.84. The molecule has 27 heavy (non-hydrogen) atoms. The van der Waals surface area contributed by atoms with E-state index in [2.05, 4.69) is 10.1 Å². The first-order chi connectivity index (χ1) is 13.1. The third kappa shape index (κ3) is 3.09. The smallest absolute Gasteiger partial charge is 0.293 e. The average molecular weight is 374 g/mol. The first-order valence-electron chi connectivity index (χ1n) is 8.55. The van der Waals surface area contributed by atoms with Crippen LogP contribution in [0.1, 0.15) is 35.3 Å². The number of rotatable bonds is 4. The lowest BCUT2D eigenvalue weighted by atomic mass is 10.1. The van der Waals surface area contributed by atoms with E-state index in [4.69, 9.17) is 4.52 Å². The van der Waals surface area contributed by atoms with Crippen LogP contribution in [0, 0.1) is 0 Å². The van der Waals surface area contributed by atoms with Crippen molar-refractivity contribution in [3.63, 3.8) is 0 Å². The second-order valence-electron chi connectivity index (χ2n) is 6.33. The van der Waals surface area contributed by atoms with Crippen LogP contribution in [0.15, 0.2) is 45.8 Å². The summed E-state index contributed by atoms with van der Waals surface area (Å²) in [5.74, 6) is -0.171. The Hall–Kier alpha value is -3.10. The molecule has 0 saturated carbocycles. The molecule has 1 unspecified atom stereocenters. The lowest BCUT2D eigenvalue weighted by molar-refractivity contribution is 0.0679. The normalized spacial score (nSPS) is 17.1. The van der Waals surface area contributed by atoms with E-state index in [-0.39, 0.29) is 17.0 Å². The SMILES string of the molecule is O=C(c1ccno1)N1CCCC1c1nc2ccccc2c(=O)n1CC(F)F. The summed E-state index contributed by atoms with van der Waals surface area (Å²) in [4.78, 5) is 31.5. The Morgan fingerprint density at radius 1 is 1.30 bits per heavy atom. The number of carbonyl (C=O) groups excluding carboxylic acids is 1. The van der Waals surface area contributed by atoms with Crippen molar-refractivity contribution in [2.75, 3.05) is 6.54 Å². The molecule has 0 N–H and O–H groups in total. The van der Waals surface area contributed by atoms with Crippen molar-refractivity contribution in [2.24, 2.45) is 0 Å². The molecule has 0 aliphatic carbocycles. The van der Waals surface area contributed by atoms with Gasteiger partial charge in [-0.15, -0.1) is 0 Å². The van der Waals surface area contributed by atoms with Gasteiger partial charge in [-0.2, -0.15) is 0 Å². The van der Waals surface area contributed by atoms with Crippen LogP contribution in [0.5, 0.6) is 0 Å². The van der Waals surface area contributed by atoms with Crippen LogP contribution in [-0.2, 0) is 6.54 Å². The first-order valence-corrected chi connectivity index (χ1v) is 8.55. The van der Waals surface area contributed by atoms with Crippen LogP contribution >= 0.6 is 0 Å². The molecule has 140 valence electrons. The molecule has 1 saturated heterocycles. The van der Waals surface area contributed by atoms with Gasteiger partial charge in [0.15, 0.2) is 0 Å². The lowest BCUT2D eigenvalue weighted by Crippen LogP contribution is -2.36. The van der Waals surface area contributed by atoms with Crippen LogP contribution in [0.25, 0.3) is 10.9 Å². The molecule has 2 aromatic heterocycles. The van der Waals surface area contributed by atoms with E-state index in [1.54, 1.807) is 24.3 Å². The molecule has 1 aliphatic rings. The molecule has 0 radical (unpaired) electrons. The predicted octanol–water partition coefficient (Wildman–Crippen LogP) is 2.63. The van der Waals surface area contributed by atoms with Crippen molar-refractivity contribution in [3.8, 4) is 0 Å². The van der Waals surface area contributed by atoms with Crippen molar-refractivity contribution in [1.29, 1.82) is 0 Å². The van der Waals surface area contributed by atoms with Gasteiger partial charge >= 0.3 is 0 Å². The van der Waals surface area contributed by atoms with Crippen LogP contribution < -0.4 is 5.56 Å². The maximum Gasteiger partial charge on any atom is 0.293 e. The molecule has 1 fully saturated rings. The molecular formula is C18H16F2N4O3. The van der Waals surface area contributed by atoms with Gasteiger partial charge < -0.3 is 9.42 Å². The molecule has 7 nitrogen and oxygen atoms in total.